The first-order valence-electron chi connectivity index (χ1n) is 6.88. The number of hydrogen-bond donors (Lipinski definition) is 1. The summed E-state index contributed by atoms with van der Waals surface area (Å²) in [7, 11) is 0. The average Bonchev–Trinajstić information content (AvgIpc) is 2.46. The summed E-state index contributed by atoms with van der Waals surface area (Å²) in [5.74, 6) is 0. The predicted molar refractivity (Wildman–Crippen MR) is 74.3 cm³/mol. The Balaban J connectivity index is 2.04. The first-order chi connectivity index (χ1) is 8.81. The maximum atomic E-state index is 5.86. The topological polar surface area (TPSA) is 38.5 Å². The van der Waals surface area contributed by atoms with Gasteiger partial charge in [-0.1, -0.05) is 30.3 Å². The molecule has 1 aromatic carbocycles. The highest BCUT2D eigenvalue weighted by Crippen LogP contribution is 2.19. The fraction of sp³-hybridized carbons (Fsp3) is 0.600. The second-order valence-corrected chi connectivity index (χ2v) is 5.09. The Morgan fingerprint density at radius 3 is 2.56 bits per heavy atom. The van der Waals surface area contributed by atoms with Gasteiger partial charge in [-0.15, -0.1) is 0 Å². The highest BCUT2D eigenvalue weighted by atomic mass is 16.5. The average molecular weight is 248 g/mol. The lowest BCUT2D eigenvalue weighted by Crippen LogP contribution is -2.47. The molecule has 100 valence electrons. The van der Waals surface area contributed by atoms with Gasteiger partial charge in [-0.05, 0) is 25.3 Å². The van der Waals surface area contributed by atoms with E-state index in [1.807, 2.05) is 0 Å². The van der Waals surface area contributed by atoms with Crippen molar-refractivity contribution in [3.05, 3.63) is 35.9 Å². The monoisotopic (exact) mass is 248 g/mol. The number of ether oxygens (including phenoxy) is 1. The van der Waals surface area contributed by atoms with E-state index in [0.29, 0.717) is 18.6 Å². The van der Waals surface area contributed by atoms with Gasteiger partial charge in [0.1, 0.15) is 0 Å². The van der Waals surface area contributed by atoms with Gasteiger partial charge in [-0.2, -0.15) is 0 Å². The second-order valence-electron chi connectivity index (χ2n) is 5.09. The van der Waals surface area contributed by atoms with Gasteiger partial charge >= 0.3 is 0 Å². The molecule has 3 heteroatoms. The molecule has 0 amide bonds. The Hall–Kier alpha value is -0.900. The number of nitrogens with two attached hydrogens (primary N) is 1. The van der Waals surface area contributed by atoms with E-state index in [-0.39, 0.29) is 0 Å². The van der Waals surface area contributed by atoms with E-state index in [0.717, 1.165) is 32.6 Å². The largest absolute Gasteiger partial charge is 0.381 e. The molecular formula is C15H24N2O. The van der Waals surface area contributed by atoms with E-state index in [9.17, 15) is 0 Å². The van der Waals surface area contributed by atoms with Crippen LogP contribution >= 0.6 is 0 Å². The summed E-state index contributed by atoms with van der Waals surface area (Å²) in [4.78, 5) is 2.54. The molecule has 3 nitrogen and oxygen atoms in total. The van der Waals surface area contributed by atoms with Gasteiger partial charge in [0.25, 0.3) is 0 Å². The van der Waals surface area contributed by atoms with Crippen LogP contribution < -0.4 is 5.73 Å². The van der Waals surface area contributed by atoms with Gasteiger partial charge in [-0.3, -0.25) is 4.90 Å². The molecule has 0 aromatic heterocycles. The van der Waals surface area contributed by atoms with Gasteiger partial charge in [0.2, 0.25) is 0 Å². The van der Waals surface area contributed by atoms with E-state index in [1.165, 1.54) is 5.56 Å². The summed E-state index contributed by atoms with van der Waals surface area (Å²) in [6.45, 7) is 5.69. The Morgan fingerprint density at radius 1 is 1.28 bits per heavy atom. The first kappa shape index (κ1) is 13.5. The van der Waals surface area contributed by atoms with Crippen LogP contribution in [0.2, 0.25) is 0 Å². The summed E-state index contributed by atoms with van der Waals surface area (Å²) >= 11 is 0. The van der Waals surface area contributed by atoms with Crippen molar-refractivity contribution in [3.63, 3.8) is 0 Å². The van der Waals surface area contributed by atoms with Crippen molar-refractivity contribution in [2.45, 2.75) is 38.4 Å². The SMILES string of the molecule is CC(CN)N(Cc1ccccc1)C1CCOCC1. The van der Waals surface area contributed by atoms with E-state index < -0.39 is 0 Å². The summed E-state index contributed by atoms with van der Waals surface area (Å²) in [5.41, 5.74) is 7.23. The van der Waals surface area contributed by atoms with Crippen molar-refractivity contribution in [1.29, 1.82) is 0 Å². The maximum Gasteiger partial charge on any atom is 0.0480 e. The van der Waals surface area contributed by atoms with Crippen LogP contribution in [0.15, 0.2) is 30.3 Å². The molecule has 2 rings (SSSR count). The molecule has 1 heterocycles. The molecule has 1 atom stereocenters. The third-order valence-corrected chi connectivity index (χ3v) is 3.78. The Kier molecular flexibility index (Phi) is 5.17. The van der Waals surface area contributed by atoms with Crippen LogP contribution in [0.1, 0.15) is 25.3 Å². The van der Waals surface area contributed by atoms with Crippen LogP contribution in [0.3, 0.4) is 0 Å². The lowest BCUT2D eigenvalue weighted by Gasteiger charge is -2.38. The quantitative estimate of drug-likeness (QED) is 0.866. The molecule has 1 aliphatic rings. The molecule has 1 unspecified atom stereocenters. The van der Waals surface area contributed by atoms with Crippen LogP contribution in [-0.2, 0) is 11.3 Å². The van der Waals surface area contributed by atoms with E-state index in [2.05, 4.69) is 42.2 Å². The molecule has 1 saturated heterocycles. The lowest BCUT2D eigenvalue weighted by molar-refractivity contribution is 0.0172. The molecule has 2 N–H and O–H groups in total. The van der Waals surface area contributed by atoms with Crippen molar-refractivity contribution in [1.82, 2.24) is 4.90 Å². The summed E-state index contributed by atoms with van der Waals surface area (Å²) < 4.78 is 5.46. The van der Waals surface area contributed by atoms with E-state index in [4.69, 9.17) is 10.5 Å². The molecule has 0 radical (unpaired) electrons. The van der Waals surface area contributed by atoms with Crippen molar-refractivity contribution in [2.24, 2.45) is 5.73 Å². The fourth-order valence-corrected chi connectivity index (χ4v) is 2.59. The molecule has 1 fully saturated rings. The van der Waals surface area contributed by atoms with Crippen molar-refractivity contribution in [2.75, 3.05) is 19.8 Å². The standard InChI is InChI=1S/C15H24N2O/c1-13(11-16)17(15-7-9-18-10-8-15)12-14-5-3-2-4-6-14/h2-6,13,15H,7-12,16H2,1H3. The summed E-state index contributed by atoms with van der Waals surface area (Å²) in [5, 5.41) is 0. The van der Waals surface area contributed by atoms with Gasteiger partial charge in [-0.25, -0.2) is 0 Å². The minimum absolute atomic E-state index is 0.424. The third-order valence-electron chi connectivity index (χ3n) is 3.78. The zero-order valence-corrected chi connectivity index (χ0v) is 11.2. The Bertz CT molecular complexity index is 336. The number of rotatable bonds is 5. The molecule has 0 saturated carbocycles. The smallest absolute Gasteiger partial charge is 0.0480 e. The van der Waals surface area contributed by atoms with E-state index >= 15 is 0 Å². The summed E-state index contributed by atoms with van der Waals surface area (Å²) in [6, 6.07) is 11.7. The zero-order valence-electron chi connectivity index (χ0n) is 11.2. The van der Waals surface area contributed by atoms with Crippen LogP contribution in [-0.4, -0.2) is 36.7 Å². The molecular weight excluding hydrogens is 224 g/mol. The van der Waals surface area contributed by atoms with Crippen LogP contribution in [0, 0.1) is 0 Å². The predicted octanol–water partition coefficient (Wildman–Crippen LogP) is 2.01. The maximum absolute atomic E-state index is 5.86. The molecule has 0 spiro atoms. The molecule has 1 aliphatic heterocycles. The minimum Gasteiger partial charge on any atom is -0.381 e. The summed E-state index contributed by atoms with van der Waals surface area (Å²) in [6.07, 6.45) is 2.24. The van der Waals surface area contributed by atoms with E-state index in [1.54, 1.807) is 0 Å². The van der Waals surface area contributed by atoms with Gasteiger partial charge in [0.15, 0.2) is 0 Å². The van der Waals surface area contributed by atoms with Gasteiger partial charge in [0, 0.05) is 38.4 Å². The number of nitrogens with zero attached hydrogens (tertiary/aromatic N) is 1. The van der Waals surface area contributed by atoms with Gasteiger partial charge in [0.05, 0.1) is 0 Å². The Labute approximate surface area is 110 Å². The zero-order chi connectivity index (χ0) is 12.8. The van der Waals surface area contributed by atoms with Crippen molar-refractivity contribution < 1.29 is 4.74 Å². The van der Waals surface area contributed by atoms with Crippen molar-refractivity contribution >= 4 is 0 Å². The van der Waals surface area contributed by atoms with Crippen LogP contribution in [0.25, 0.3) is 0 Å². The Morgan fingerprint density at radius 2 is 1.94 bits per heavy atom. The second kappa shape index (κ2) is 6.88. The highest BCUT2D eigenvalue weighted by molar-refractivity contribution is 5.14. The molecule has 0 aliphatic carbocycles. The molecule has 0 bridgehead atoms. The lowest BCUT2D eigenvalue weighted by atomic mass is 10.0. The van der Waals surface area contributed by atoms with Crippen LogP contribution in [0.4, 0.5) is 0 Å². The van der Waals surface area contributed by atoms with Gasteiger partial charge < -0.3 is 10.5 Å². The van der Waals surface area contributed by atoms with Crippen molar-refractivity contribution in [3.8, 4) is 0 Å². The number of benzene rings is 1. The minimum atomic E-state index is 0.424. The van der Waals surface area contributed by atoms with Crippen LogP contribution in [0.5, 0.6) is 0 Å². The fourth-order valence-electron chi connectivity index (χ4n) is 2.59. The number of hydrogen-bond acceptors (Lipinski definition) is 3. The highest BCUT2D eigenvalue weighted by Gasteiger charge is 2.24. The molecule has 1 aromatic rings. The third kappa shape index (κ3) is 3.55. The normalized spacial score (nSPS) is 19.1. The first-order valence-corrected chi connectivity index (χ1v) is 6.88. The molecule has 18 heavy (non-hydrogen) atoms.